The predicted octanol–water partition coefficient (Wildman–Crippen LogP) is 15.9. The maximum Gasteiger partial charge on any atom is 0.338 e. The molecule has 0 heterocycles. The third-order valence-electron chi connectivity index (χ3n) is 3.04. The largest absolute Gasteiger partial charge is 0.739 e. The van der Waals surface area contributed by atoms with E-state index in [-0.39, 0.29) is 38.8 Å². The zero-order valence-electron chi connectivity index (χ0n) is 47.7. The van der Waals surface area contributed by atoms with Crippen LogP contribution < -0.4 is 16.1 Å². The van der Waals surface area contributed by atoms with Crippen LogP contribution in [0.15, 0.2) is 20.3 Å². The summed E-state index contributed by atoms with van der Waals surface area (Å²) in [5.74, 6) is 0. The highest BCUT2D eigenvalue weighted by Gasteiger charge is 2.00. The molecule has 21 heteroatoms. The highest BCUT2D eigenvalue weighted by molar-refractivity contribution is 7.98. The molecule has 0 aliphatic carbocycles. The molecule has 0 aromatic heterocycles. The number of hydrogen-bond acceptors (Lipinski definition) is 15. The van der Waals surface area contributed by atoms with Gasteiger partial charge in [-0.2, -0.15) is 4.91 Å². The fraction of sp³-hybridized carbons (Fsp3) is 0.977. The Bertz CT molecular complexity index is 803. The lowest BCUT2D eigenvalue weighted by molar-refractivity contribution is -0.584. The number of urea groups is 1. The molecular weight excluding hydrogens is 861 g/mol. The Labute approximate surface area is 406 Å². The second-order valence-corrected chi connectivity index (χ2v) is 16.2. The van der Waals surface area contributed by atoms with Crippen LogP contribution in [0.25, 0.3) is 0 Å². The molecule has 0 aliphatic rings. The summed E-state index contributed by atoms with van der Waals surface area (Å²) >= 11 is 1.06. The smallest absolute Gasteiger partial charge is 0.338 e. The summed E-state index contributed by atoms with van der Waals surface area (Å²) in [5.41, 5.74) is 1.45. The Morgan fingerprint density at radius 1 is 0.569 bits per heavy atom. The molecule has 0 radical (unpaired) electrons. The number of rotatable bonds is 8. The Morgan fingerprint density at radius 3 is 0.815 bits per heavy atom. The minimum Gasteiger partial charge on any atom is -0.739 e. The monoisotopic (exact) mass is 974 g/mol. The molecule has 20 nitrogen and oxygen atoms in total. The lowest BCUT2D eigenvalue weighted by Crippen LogP contribution is -2.37. The summed E-state index contributed by atoms with van der Waals surface area (Å²) in [4.78, 5) is 38.2. The van der Waals surface area contributed by atoms with Crippen LogP contribution >= 0.6 is 11.9 Å². The Balaban J connectivity index is -0.0000000365. The first-order chi connectivity index (χ1) is 29.9. The predicted molar refractivity (Wildman–Crippen MR) is 284 cm³/mol. The number of amides is 2. The van der Waals surface area contributed by atoms with Gasteiger partial charge in [0.2, 0.25) is 6.04 Å². The molecule has 0 rings (SSSR count). The first-order valence-electron chi connectivity index (χ1n) is 23.3. The number of carbonyl (C=O) groups is 1. The summed E-state index contributed by atoms with van der Waals surface area (Å²) < 4.78 is 2.60. The molecule has 5 N–H and O–H groups in total. The van der Waals surface area contributed by atoms with Crippen molar-refractivity contribution >= 4 is 18.0 Å². The lowest BCUT2D eigenvalue weighted by Gasteiger charge is -2.04. The van der Waals surface area contributed by atoms with Crippen LogP contribution in [0.5, 0.6) is 0 Å². The molecule has 0 aromatic rings. The summed E-state index contributed by atoms with van der Waals surface area (Å²) in [7, 11) is 1.95. The molecule has 0 saturated heterocycles. The van der Waals surface area contributed by atoms with Gasteiger partial charge in [-0.3, -0.25) is 15.3 Å². The SMILES string of the molecule is CC(C)/[N+]([O-])=N/[O-].CC(C)N=O.CC(C)NC(=O)NO.CC(C)SN=O.CC(C)[N+](=O)[O-].CC(C)[N+]([O-])=NO.CCC.CCC.CCC.CCC.CCC.CCC.CCC.CNC(C)C. The molecule has 0 saturated carbocycles. The minimum atomic E-state index is -0.569. The van der Waals surface area contributed by atoms with E-state index in [1.54, 1.807) is 69.2 Å². The van der Waals surface area contributed by atoms with E-state index in [1.807, 2.05) is 20.9 Å². The average Bonchev–Trinajstić information content (AvgIpc) is 3.20. The van der Waals surface area contributed by atoms with Crippen LogP contribution in [0.1, 0.15) is 239 Å². The minimum absolute atomic E-state index is 0.0463. The number of carbonyl (C=O) groups excluding carboxylic acids is 1. The summed E-state index contributed by atoms with van der Waals surface area (Å²) in [6, 6.07) is -0.959. The van der Waals surface area contributed by atoms with Crippen LogP contribution in [0.4, 0.5) is 4.79 Å². The fourth-order valence-corrected chi connectivity index (χ4v) is 0.750. The number of nitro groups is 1. The van der Waals surface area contributed by atoms with Gasteiger partial charge in [0.25, 0.3) is 0 Å². The molecule has 0 atom stereocenters. The Kier molecular flexibility index (Phi) is 166. The zero-order chi connectivity index (χ0) is 56.0. The van der Waals surface area contributed by atoms with E-state index in [4.69, 9.17) is 10.4 Å². The molecular formula is C44H113N10O10S-. The second kappa shape index (κ2) is 108. The van der Waals surface area contributed by atoms with Gasteiger partial charge < -0.3 is 31.5 Å². The van der Waals surface area contributed by atoms with Crippen molar-refractivity contribution < 1.29 is 29.9 Å². The second-order valence-electron chi connectivity index (χ2n) is 14.9. The van der Waals surface area contributed by atoms with Gasteiger partial charge in [-0.25, -0.2) is 10.3 Å². The molecule has 0 aromatic carbocycles. The van der Waals surface area contributed by atoms with E-state index in [9.17, 15) is 40.3 Å². The van der Waals surface area contributed by atoms with Gasteiger partial charge in [-0.1, -0.05) is 184 Å². The zero-order valence-corrected chi connectivity index (χ0v) is 48.5. The number of nitrogens with zero attached hydrogens (tertiary/aromatic N) is 7. The van der Waals surface area contributed by atoms with E-state index >= 15 is 0 Å². The van der Waals surface area contributed by atoms with E-state index < -0.39 is 12.1 Å². The van der Waals surface area contributed by atoms with Crippen molar-refractivity contribution in [3.63, 3.8) is 0 Å². The van der Waals surface area contributed by atoms with E-state index in [0.29, 0.717) is 11.3 Å². The summed E-state index contributed by atoms with van der Waals surface area (Å²) in [6.45, 7) is 54.4. The fourth-order valence-electron chi connectivity index (χ4n) is 0.578. The first kappa shape index (κ1) is 99.8. The van der Waals surface area contributed by atoms with Gasteiger partial charge in [0.1, 0.15) is 0 Å². The van der Waals surface area contributed by atoms with Crippen LogP contribution in [0.3, 0.4) is 0 Å². The number of nitroso groups, excluding NO2 is 2. The standard InChI is InChI=1S/C4H10N2O2.C4H11N.2C3H8N2O2.C3H7NO2.C3H7NOS.C3H7NO.7C3H8/c1-3(2)5-4(7)6-8;1-4(2)5-3;2*1-3(2)5(7)4-6;1-3(2)4(5)6;1-3(2)6-4-5;1-3(2)4-5;7*1-3-2/h3,8H,1-2H3,(H2,5,6,7);4-5H,1-3H3;2*3,6H,1-2H3;2*3H,1-2H3;3H,1-2H3;7*3H2,1-2H3/p-1/b;;5-4-;;;;;;;;;;;. The highest BCUT2D eigenvalue weighted by atomic mass is 32.2. The lowest BCUT2D eigenvalue weighted by atomic mass is 10.4. The molecule has 0 aliphatic heterocycles. The van der Waals surface area contributed by atoms with Gasteiger partial charge in [0.15, 0.2) is 17.4 Å². The molecule has 0 unspecified atom stereocenters. The van der Waals surface area contributed by atoms with Crippen LogP contribution in [-0.2, 0) is 0 Å². The molecule has 406 valence electrons. The van der Waals surface area contributed by atoms with Crippen LogP contribution in [0, 0.1) is 35.6 Å². The van der Waals surface area contributed by atoms with E-state index in [2.05, 4.69) is 142 Å². The molecule has 0 fully saturated rings. The Morgan fingerprint density at radius 2 is 0.800 bits per heavy atom. The maximum absolute atomic E-state index is 10.2. The molecule has 2 amide bonds. The van der Waals surface area contributed by atoms with Crippen molar-refractivity contribution in [2.75, 3.05) is 7.05 Å². The van der Waals surface area contributed by atoms with Crippen molar-refractivity contribution in [2.24, 2.45) is 20.3 Å². The van der Waals surface area contributed by atoms with E-state index in [0.717, 1.165) is 11.9 Å². The van der Waals surface area contributed by atoms with Gasteiger partial charge in [0.05, 0.1) is 6.04 Å². The molecule has 0 bridgehead atoms. The highest BCUT2D eigenvalue weighted by Crippen LogP contribution is 2.07. The van der Waals surface area contributed by atoms with Crippen molar-refractivity contribution in [2.45, 2.75) is 280 Å². The van der Waals surface area contributed by atoms with Crippen molar-refractivity contribution in [3.8, 4) is 0 Å². The van der Waals surface area contributed by atoms with E-state index in [1.165, 1.54) is 50.4 Å². The van der Waals surface area contributed by atoms with Crippen LogP contribution in [0.2, 0.25) is 0 Å². The van der Waals surface area contributed by atoms with Crippen molar-refractivity contribution in [1.29, 1.82) is 0 Å². The molecule has 65 heavy (non-hydrogen) atoms. The molecule has 0 spiro atoms. The topological polar surface area (TPSA) is 296 Å². The summed E-state index contributed by atoms with van der Waals surface area (Å²) in [5, 5.41) is 67.3. The third kappa shape index (κ3) is 318. The average molecular weight is 975 g/mol. The van der Waals surface area contributed by atoms with Crippen molar-refractivity contribution in [3.05, 3.63) is 35.6 Å². The Hall–Kier alpha value is -3.46. The van der Waals surface area contributed by atoms with Gasteiger partial charge >= 0.3 is 6.03 Å². The van der Waals surface area contributed by atoms with Crippen molar-refractivity contribution in [1.82, 2.24) is 16.1 Å². The van der Waals surface area contributed by atoms with Gasteiger partial charge in [-0.15, -0.1) is 4.91 Å². The number of hydrogen-bond donors (Lipinski definition) is 5. The summed E-state index contributed by atoms with van der Waals surface area (Å²) in [6.07, 6.45) is 8.75. The number of nitrogens with one attached hydrogen (secondary N) is 3. The first-order valence-corrected chi connectivity index (χ1v) is 24.2. The normalized spacial score (nSPS) is 8.88. The quantitative estimate of drug-likeness (QED) is 0.0288. The van der Waals surface area contributed by atoms with Gasteiger partial charge in [-0.05, 0) is 40.0 Å². The van der Waals surface area contributed by atoms with Gasteiger partial charge in [0, 0.05) is 80.3 Å². The maximum atomic E-state index is 10.2. The third-order valence-corrected chi connectivity index (χ3v) is 3.54. The van der Waals surface area contributed by atoms with Crippen LogP contribution in [-0.4, -0.2) is 79.6 Å². The number of hydroxylamine groups is 3.